The van der Waals surface area contributed by atoms with Crippen molar-refractivity contribution in [3.05, 3.63) is 29.8 Å². The molecule has 5 N–H and O–H groups in total. The Hall–Kier alpha value is -2.45. The summed E-state index contributed by atoms with van der Waals surface area (Å²) >= 11 is 0. The zero-order valence-corrected chi connectivity index (χ0v) is 14.1. The van der Waals surface area contributed by atoms with Crippen LogP contribution in [0, 0.1) is 0 Å². The van der Waals surface area contributed by atoms with Gasteiger partial charge in [0.25, 0.3) is 11.8 Å². The number of para-hydroxylation sites is 1. The number of imide groups is 1. The van der Waals surface area contributed by atoms with Gasteiger partial charge in [0, 0.05) is 6.54 Å². The van der Waals surface area contributed by atoms with Crippen molar-refractivity contribution < 1.29 is 19.1 Å². The molecule has 1 heterocycles. The van der Waals surface area contributed by atoms with Gasteiger partial charge in [-0.25, -0.2) is 0 Å². The Labute approximate surface area is 146 Å². The van der Waals surface area contributed by atoms with E-state index in [1.807, 2.05) is 0 Å². The van der Waals surface area contributed by atoms with Crippen molar-refractivity contribution in [3.8, 4) is 5.75 Å². The second kappa shape index (κ2) is 9.14. The minimum absolute atomic E-state index is 0.188. The van der Waals surface area contributed by atoms with Crippen LogP contribution in [0.25, 0.3) is 0 Å². The van der Waals surface area contributed by atoms with E-state index in [0.29, 0.717) is 19.4 Å². The summed E-state index contributed by atoms with van der Waals surface area (Å²) in [6.45, 7) is 1.03. The van der Waals surface area contributed by atoms with Gasteiger partial charge < -0.3 is 21.5 Å². The van der Waals surface area contributed by atoms with Crippen LogP contribution < -0.4 is 21.5 Å². The molecule has 1 aliphatic heterocycles. The van der Waals surface area contributed by atoms with Crippen molar-refractivity contribution in [1.82, 2.24) is 10.2 Å². The van der Waals surface area contributed by atoms with Gasteiger partial charge >= 0.3 is 0 Å². The number of nitrogens with two attached hydrogens (primary N) is 2. The van der Waals surface area contributed by atoms with E-state index in [1.165, 1.54) is 11.0 Å². The van der Waals surface area contributed by atoms with E-state index in [-0.39, 0.29) is 36.4 Å². The lowest BCUT2D eigenvalue weighted by Crippen LogP contribution is -2.48. The first-order chi connectivity index (χ1) is 12.0. The van der Waals surface area contributed by atoms with Crippen LogP contribution in [0.15, 0.2) is 24.3 Å². The summed E-state index contributed by atoms with van der Waals surface area (Å²) in [5, 5.41) is 3.09. The molecule has 0 unspecified atom stereocenters. The maximum atomic E-state index is 12.6. The first kappa shape index (κ1) is 18.9. The van der Waals surface area contributed by atoms with Crippen molar-refractivity contribution in [3.63, 3.8) is 0 Å². The molecule has 3 amide bonds. The van der Waals surface area contributed by atoms with Gasteiger partial charge in [-0.2, -0.15) is 0 Å². The molecule has 1 aromatic rings. The minimum atomic E-state index is -0.644. The molecule has 0 radical (unpaired) electrons. The van der Waals surface area contributed by atoms with Gasteiger partial charge in [0.1, 0.15) is 5.75 Å². The summed E-state index contributed by atoms with van der Waals surface area (Å²) in [6.07, 6.45) is 2.12. The second-order valence-corrected chi connectivity index (χ2v) is 5.82. The molecule has 0 spiro atoms. The number of carbonyl (C=O) groups excluding carboxylic acids is 3. The fraction of sp³-hybridized carbons (Fsp3) is 0.471. The van der Waals surface area contributed by atoms with Crippen molar-refractivity contribution in [1.29, 1.82) is 0 Å². The third-order valence-corrected chi connectivity index (χ3v) is 4.02. The summed E-state index contributed by atoms with van der Waals surface area (Å²) < 4.78 is 5.44. The number of ether oxygens (including phenoxy) is 1. The number of hydrogen-bond acceptors (Lipinski definition) is 6. The van der Waals surface area contributed by atoms with Gasteiger partial charge in [-0.15, -0.1) is 0 Å². The maximum Gasteiger partial charge on any atom is 0.267 e. The Kier molecular flexibility index (Phi) is 6.91. The predicted molar refractivity (Wildman–Crippen MR) is 91.9 cm³/mol. The average Bonchev–Trinajstić information content (AvgIpc) is 3.14. The average molecular weight is 348 g/mol. The van der Waals surface area contributed by atoms with E-state index in [4.69, 9.17) is 16.2 Å². The second-order valence-electron chi connectivity index (χ2n) is 5.82. The highest BCUT2D eigenvalue weighted by atomic mass is 16.5. The molecule has 1 aromatic carbocycles. The fourth-order valence-corrected chi connectivity index (χ4v) is 2.70. The standard InChI is InChI=1S/C17H24N4O4/c18-8-4-10-21(17(24)13-6-3-9-20-13)15(22)11-25-14-7-2-1-5-12(14)16(19)23/h1-2,5,7,13,20H,3-4,6,8-11,18H2,(H2,19,23)/t13-/m0/s1. The van der Waals surface area contributed by atoms with Crippen molar-refractivity contribution in [2.75, 3.05) is 26.2 Å². The molecule has 0 bridgehead atoms. The lowest BCUT2D eigenvalue weighted by atomic mass is 10.2. The first-order valence-electron chi connectivity index (χ1n) is 8.34. The minimum Gasteiger partial charge on any atom is -0.483 e. The number of nitrogens with one attached hydrogen (secondary N) is 1. The highest BCUT2D eigenvalue weighted by Crippen LogP contribution is 2.17. The number of hydrogen-bond donors (Lipinski definition) is 3. The molecule has 136 valence electrons. The van der Waals surface area contributed by atoms with Crippen LogP contribution in [-0.4, -0.2) is 54.9 Å². The Balaban J connectivity index is 2.04. The third-order valence-electron chi connectivity index (χ3n) is 4.02. The van der Waals surface area contributed by atoms with Gasteiger partial charge in [-0.05, 0) is 44.5 Å². The Morgan fingerprint density at radius 2 is 2.04 bits per heavy atom. The van der Waals surface area contributed by atoms with Gasteiger partial charge in [-0.1, -0.05) is 12.1 Å². The molecule has 1 aliphatic rings. The highest BCUT2D eigenvalue weighted by Gasteiger charge is 2.30. The van der Waals surface area contributed by atoms with Gasteiger partial charge in [-0.3, -0.25) is 19.3 Å². The van der Waals surface area contributed by atoms with Gasteiger partial charge in [0.05, 0.1) is 11.6 Å². The van der Waals surface area contributed by atoms with Crippen LogP contribution in [0.4, 0.5) is 0 Å². The SMILES string of the molecule is NCCCN(C(=O)COc1ccccc1C(N)=O)C(=O)[C@@H]1CCCN1. The molecule has 8 heteroatoms. The van der Waals surface area contributed by atoms with Crippen LogP contribution in [0.2, 0.25) is 0 Å². The van der Waals surface area contributed by atoms with Gasteiger partial charge in [0.15, 0.2) is 6.61 Å². The molecule has 0 saturated carbocycles. The lowest BCUT2D eigenvalue weighted by molar-refractivity contribution is -0.147. The molecule has 25 heavy (non-hydrogen) atoms. The number of carbonyl (C=O) groups is 3. The molecule has 1 saturated heterocycles. The predicted octanol–water partition coefficient (Wildman–Crippen LogP) is -0.380. The molecule has 1 atom stereocenters. The number of benzene rings is 1. The third kappa shape index (κ3) is 5.01. The Morgan fingerprint density at radius 1 is 1.28 bits per heavy atom. The molecular weight excluding hydrogens is 324 g/mol. The molecule has 1 fully saturated rings. The monoisotopic (exact) mass is 348 g/mol. The van der Waals surface area contributed by atoms with E-state index in [1.54, 1.807) is 18.2 Å². The summed E-state index contributed by atoms with van der Waals surface area (Å²) in [5.41, 5.74) is 11.0. The molecule has 0 aliphatic carbocycles. The van der Waals surface area contributed by atoms with Crippen LogP contribution in [-0.2, 0) is 9.59 Å². The van der Waals surface area contributed by atoms with E-state index >= 15 is 0 Å². The van der Waals surface area contributed by atoms with Crippen molar-refractivity contribution in [2.24, 2.45) is 11.5 Å². The molecular formula is C17H24N4O4. The summed E-state index contributed by atoms with van der Waals surface area (Å²) in [7, 11) is 0. The van der Waals surface area contributed by atoms with Gasteiger partial charge in [0.2, 0.25) is 5.91 Å². The highest BCUT2D eigenvalue weighted by molar-refractivity contribution is 5.99. The summed E-state index contributed by atoms with van der Waals surface area (Å²) in [5.74, 6) is -1.16. The molecule has 0 aromatic heterocycles. The van der Waals surface area contributed by atoms with Crippen LogP contribution in [0.5, 0.6) is 5.75 Å². The van der Waals surface area contributed by atoms with E-state index < -0.39 is 11.8 Å². The normalized spacial score (nSPS) is 16.4. The lowest BCUT2D eigenvalue weighted by Gasteiger charge is -2.24. The number of nitrogens with zero attached hydrogens (tertiary/aromatic N) is 1. The van der Waals surface area contributed by atoms with Crippen LogP contribution >= 0.6 is 0 Å². The van der Waals surface area contributed by atoms with Crippen molar-refractivity contribution >= 4 is 17.7 Å². The number of rotatable bonds is 8. The zero-order valence-electron chi connectivity index (χ0n) is 14.1. The smallest absolute Gasteiger partial charge is 0.267 e. The maximum absolute atomic E-state index is 12.6. The fourth-order valence-electron chi connectivity index (χ4n) is 2.70. The largest absolute Gasteiger partial charge is 0.483 e. The molecule has 2 rings (SSSR count). The number of primary amides is 1. The first-order valence-corrected chi connectivity index (χ1v) is 8.34. The van der Waals surface area contributed by atoms with Crippen molar-refractivity contribution in [2.45, 2.75) is 25.3 Å². The van der Waals surface area contributed by atoms with Crippen LogP contribution in [0.1, 0.15) is 29.6 Å². The van der Waals surface area contributed by atoms with E-state index in [0.717, 1.165) is 13.0 Å². The zero-order chi connectivity index (χ0) is 18.2. The molecule has 8 nitrogen and oxygen atoms in total. The quantitative estimate of drug-likeness (QED) is 0.587. The topological polar surface area (TPSA) is 128 Å². The number of amides is 3. The van der Waals surface area contributed by atoms with E-state index in [2.05, 4.69) is 5.32 Å². The Bertz CT molecular complexity index is 629. The summed E-state index contributed by atoms with van der Waals surface area (Å²) in [4.78, 5) is 37.6. The van der Waals surface area contributed by atoms with Crippen LogP contribution in [0.3, 0.4) is 0 Å². The summed E-state index contributed by atoms with van der Waals surface area (Å²) in [6, 6.07) is 6.04. The Morgan fingerprint density at radius 3 is 2.68 bits per heavy atom. The van der Waals surface area contributed by atoms with E-state index in [9.17, 15) is 14.4 Å².